The van der Waals surface area contributed by atoms with Gasteiger partial charge in [-0.2, -0.15) is 0 Å². The van der Waals surface area contributed by atoms with Crippen molar-refractivity contribution in [3.8, 4) is 0 Å². The first-order valence-electron chi connectivity index (χ1n) is 6.36. The van der Waals surface area contributed by atoms with Crippen LogP contribution in [0, 0.1) is 16.0 Å². The number of benzene rings is 1. The number of aliphatic hydroxyl groups is 1. The molecule has 6 heteroatoms. The van der Waals surface area contributed by atoms with E-state index in [4.69, 9.17) is 16.7 Å². The van der Waals surface area contributed by atoms with Crippen molar-refractivity contribution in [2.24, 2.45) is 5.92 Å². The van der Waals surface area contributed by atoms with Crippen LogP contribution in [0.1, 0.15) is 18.4 Å². The minimum absolute atomic E-state index is 0.0804. The molecule has 0 aliphatic carbocycles. The van der Waals surface area contributed by atoms with Crippen LogP contribution in [0.4, 0.5) is 5.69 Å². The fourth-order valence-corrected chi connectivity index (χ4v) is 2.58. The van der Waals surface area contributed by atoms with Crippen molar-refractivity contribution >= 4 is 17.3 Å². The lowest BCUT2D eigenvalue weighted by Crippen LogP contribution is -2.34. The molecule has 1 aromatic carbocycles. The van der Waals surface area contributed by atoms with E-state index in [0.717, 1.165) is 25.9 Å². The number of piperidine rings is 1. The molecule has 0 aromatic heterocycles. The van der Waals surface area contributed by atoms with Crippen LogP contribution in [0.15, 0.2) is 18.2 Å². The van der Waals surface area contributed by atoms with E-state index in [0.29, 0.717) is 23.0 Å². The molecule has 1 aliphatic rings. The molecule has 0 radical (unpaired) electrons. The molecule has 2 rings (SSSR count). The summed E-state index contributed by atoms with van der Waals surface area (Å²) >= 11 is 5.80. The first-order chi connectivity index (χ1) is 9.10. The molecule has 1 N–H and O–H groups in total. The van der Waals surface area contributed by atoms with Crippen LogP contribution < -0.4 is 0 Å². The molecule has 0 spiro atoms. The van der Waals surface area contributed by atoms with Gasteiger partial charge in [-0.15, -0.1) is 0 Å². The minimum Gasteiger partial charge on any atom is -0.396 e. The van der Waals surface area contributed by atoms with Crippen LogP contribution in [0.25, 0.3) is 0 Å². The number of nitro groups is 1. The van der Waals surface area contributed by atoms with Gasteiger partial charge in [0.2, 0.25) is 0 Å². The van der Waals surface area contributed by atoms with Gasteiger partial charge in [0.15, 0.2) is 0 Å². The molecule has 0 amide bonds. The van der Waals surface area contributed by atoms with Crippen molar-refractivity contribution in [3.63, 3.8) is 0 Å². The normalized spacial score (nSPS) is 17.6. The Kier molecular flexibility index (Phi) is 4.74. The summed E-state index contributed by atoms with van der Waals surface area (Å²) in [4.78, 5) is 12.8. The summed E-state index contributed by atoms with van der Waals surface area (Å²) in [6.45, 7) is 2.52. The maximum absolute atomic E-state index is 11.0. The monoisotopic (exact) mass is 284 g/mol. The average Bonchev–Trinajstić information content (AvgIpc) is 2.41. The van der Waals surface area contributed by atoms with E-state index in [1.165, 1.54) is 6.07 Å². The van der Waals surface area contributed by atoms with Crippen molar-refractivity contribution in [3.05, 3.63) is 38.9 Å². The third-order valence-electron chi connectivity index (χ3n) is 3.60. The summed E-state index contributed by atoms with van der Waals surface area (Å²) in [7, 11) is 0. The highest BCUT2D eigenvalue weighted by molar-refractivity contribution is 6.30. The number of rotatable bonds is 4. The van der Waals surface area contributed by atoms with E-state index in [-0.39, 0.29) is 17.2 Å². The van der Waals surface area contributed by atoms with Crippen molar-refractivity contribution in [1.29, 1.82) is 0 Å². The molecule has 1 aromatic rings. The van der Waals surface area contributed by atoms with Crippen LogP contribution in [-0.4, -0.2) is 34.6 Å². The molecule has 1 aliphatic heterocycles. The number of nitrogens with zero attached hydrogens (tertiary/aromatic N) is 2. The molecule has 1 heterocycles. The van der Waals surface area contributed by atoms with Gasteiger partial charge >= 0.3 is 0 Å². The van der Waals surface area contributed by atoms with Crippen molar-refractivity contribution in [2.45, 2.75) is 19.4 Å². The highest BCUT2D eigenvalue weighted by atomic mass is 35.5. The molecule has 5 nitrogen and oxygen atoms in total. The third-order valence-corrected chi connectivity index (χ3v) is 3.84. The second-order valence-corrected chi connectivity index (χ2v) is 5.37. The van der Waals surface area contributed by atoms with Gasteiger partial charge in [0, 0.05) is 29.8 Å². The lowest BCUT2D eigenvalue weighted by Gasteiger charge is -2.30. The fraction of sp³-hybridized carbons (Fsp3) is 0.538. The minimum atomic E-state index is -0.387. The highest BCUT2D eigenvalue weighted by Gasteiger charge is 2.21. The van der Waals surface area contributed by atoms with E-state index in [1.54, 1.807) is 12.1 Å². The Hall–Kier alpha value is -1.17. The number of hydrogen-bond acceptors (Lipinski definition) is 4. The number of halogens is 1. The maximum Gasteiger partial charge on any atom is 0.275 e. The molecule has 1 saturated heterocycles. The molecule has 19 heavy (non-hydrogen) atoms. The van der Waals surface area contributed by atoms with Crippen LogP contribution >= 0.6 is 11.6 Å². The van der Waals surface area contributed by atoms with Crippen molar-refractivity contribution in [2.75, 3.05) is 19.7 Å². The van der Waals surface area contributed by atoms with Gasteiger partial charge in [-0.05, 0) is 44.0 Å². The number of nitro benzene ring substituents is 1. The quantitative estimate of drug-likeness (QED) is 0.681. The second kappa shape index (κ2) is 6.32. The van der Waals surface area contributed by atoms with E-state index in [9.17, 15) is 10.1 Å². The maximum atomic E-state index is 11.0. The lowest BCUT2D eigenvalue weighted by molar-refractivity contribution is -0.385. The number of hydrogen-bond donors (Lipinski definition) is 1. The largest absolute Gasteiger partial charge is 0.396 e. The van der Waals surface area contributed by atoms with Gasteiger partial charge in [0.25, 0.3) is 5.69 Å². The summed E-state index contributed by atoms with van der Waals surface area (Å²) in [6, 6.07) is 4.81. The molecule has 1 fully saturated rings. The van der Waals surface area contributed by atoms with Gasteiger partial charge in [-0.1, -0.05) is 11.6 Å². The third kappa shape index (κ3) is 3.65. The Labute approximate surface area is 116 Å². The van der Waals surface area contributed by atoms with Crippen LogP contribution in [0.5, 0.6) is 0 Å². The van der Waals surface area contributed by atoms with Crippen LogP contribution in [-0.2, 0) is 6.54 Å². The summed E-state index contributed by atoms with van der Waals surface area (Å²) in [5, 5.41) is 20.5. The number of likely N-dealkylation sites (tertiary alicyclic amines) is 1. The second-order valence-electron chi connectivity index (χ2n) is 4.93. The summed E-state index contributed by atoms with van der Waals surface area (Å²) < 4.78 is 0. The van der Waals surface area contributed by atoms with Gasteiger partial charge in [0.05, 0.1) is 4.92 Å². The molecule has 0 saturated carbocycles. The Morgan fingerprint density at radius 2 is 2.11 bits per heavy atom. The standard InChI is InChI=1S/C13H17ClN2O3/c14-12-2-1-11(13(7-12)16(18)19)8-15-5-3-10(9-17)4-6-15/h1-2,7,10,17H,3-6,8-9H2. The van der Waals surface area contributed by atoms with E-state index in [1.807, 2.05) is 0 Å². The van der Waals surface area contributed by atoms with Crippen molar-refractivity contribution < 1.29 is 10.0 Å². The summed E-state index contributed by atoms with van der Waals surface area (Å²) in [6.07, 6.45) is 1.88. The molecule has 104 valence electrons. The van der Waals surface area contributed by atoms with Gasteiger partial charge < -0.3 is 5.11 Å². The Balaban J connectivity index is 2.05. The first-order valence-corrected chi connectivity index (χ1v) is 6.74. The van der Waals surface area contributed by atoms with Crippen LogP contribution in [0.2, 0.25) is 5.02 Å². The zero-order valence-corrected chi connectivity index (χ0v) is 11.3. The number of aliphatic hydroxyl groups excluding tert-OH is 1. The van der Waals surface area contributed by atoms with E-state index >= 15 is 0 Å². The predicted molar refractivity (Wildman–Crippen MR) is 73.2 cm³/mol. The topological polar surface area (TPSA) is 66.6 Å². The zero-order valence-electron chi connectivity index (χ0n) is 10.6. The van der Waals surface area contributed by atoms with E-state index < -0.39 is 0 Å². The Morgan fingerprint density at radius 3 is 2.68 bits per heavy atom. The summed E-state index contributed by atoms with van der Waals surface area (Å²) in [5.41, 5.74) is 0.772. The van der Waals surface area contributed by atoms with Gasteiger partial charge in [-0.25, -0.2) is 0 Å². The molecule has 0 atom stereocenters. The zero-order chi connectivity index (χ0) is 13.8. The Morgan fingerprint density at radius 1 is 1.42 bits per heavy atom. The van der Waals surface area contributed by atoms with Gasteiger partial charge in [-0.3, -0.25) is 15.0 Å². The summed E-state index contributed by atoms with van der Waals surface area (Å²) in [5.74, 6) is 0.372. The van der Waals surface area contributed by atoms with Gasteiger partial charge in [0.1, 0.15) is 0 Å². The SMILES string of the molecule is O=[N+]([O-])c1cc(Cl)ccc1CN1CCC(CO)CC1. The molecule has 0 bridgehead atoms. The smallest absolute Gasteiger partial charge is 0.275 e. The molecular weight excluding hydrogens is 268 g/mol. The predicted octanol–water partition coefficient (Wildman–Crippen LogP) is 2.45. The first kappa shape index (κ1) is 14.2. The lowest BCUT2D eigenvalue weighted by atomic mass is 9.97. The van der Waals surface area contributed by atoms with E-state index in [2.05, 4.69) is 4.90 Å². The molecular formula is C13H17ClN2O3. The highest BCUT2D eigenvalue weighted by Crippen LogP contribution is 2.26. The van der Waals surface area contributed by atoms with Crippen molar-refractivity contribution in [1.82, 2.24) is 4.90 Å². The average molecular weight is 285 g/mol. The van der Waals surface area contributed by atoms with Crippen LogP contribution in [0.3, 0.4) is 0 Å². The fourth-order valence-electron chi connectivity index (χ4n) is 2.41. The Bertz CT molecular complexity index is 459. The molecule has 0 unspecified atom stereocenters.